The summed E-state index contributed by atoms with van der Waals surface area (Å²) in [6.45, 7) is 7.87. The van der Waals surface area contributed by atoms with Gasteiger partial charge in [0.2, 0.25) is 0 Å². The van der Waals surface area contributed by atoms with Crippen molar-refractivity contribution < 1.29 is 4.79 Å². The molecule has 1 aliphatic heterocycles. The van der Waals surface area contributed by atoms with Crippen molar-refractivity contribution in [2.24, 2.45) is 4.99 Å². The maximum Gasteiger partial charge on any atom is 0.259 e. The lowest BCUT2D eigenvalue weighted by molar-refractivity contribution is 0.0860. The molecule has 2 aromatic carbocycles. The fraction of sp³-hybridized carbons (Fsp3) is 0.333. The summed E-state index contributed by atoms with van der Waals surface area (Å²) in [5.74, 6) is 0.865. The van der Waals surface area contributed by atoms with Crippen LogP contribution in [0.15, 0.2) is 59.6 Å². The first-order valence-electron chi connectivity index (χ1n) is 8.59. The van der Waals surface area contributed by atoms with E-state index in [2.05, 4.69) is 50.0 Å². The first-order chi connectivity index (χ1) is 11.9. The van der Waals surface area contributed by atoms with Crippen molar-refractivity contribution in [3.63, 3.8) is 0 Å². The summed E-state index contributed by atoms with van der Waals surface area (Å²) in [7, 11) is 0. The number of rotatable bonds is 3. The van der Waals surface area contributed by atoms with E-state index >= 15 is 0 Å². The zero-order valence-electron chi connectivity index (χ0n) is 15.0. The SMILES string of the molecule is CC(C)(C)c1ccc(C(=O)N2CCN=C2SCc2ccccc2)cc1. The fourth-order valence-corrected chi connectivity index (χ4v) is 3.73. The number of amides is 1. The van der Waals surface area contributed by atoms with E-state index < -0.39 is 0 Å². The Morgan fingerprint density at radius 1 is 1.08 bits per heavy atom. The zero-order valence-corrected chi connectivity index (χ0v) is 15.8. The standard InChI is InChI=1S/C21H24N2OS/c1-21(2,3)18-11-9-17(10-12-18)19(24)23-14-13-22-20(23)25-15-16-7-5-4-6-8-16/h4-12H,13-15H2,1-3H3. The molecule has 0 aliphatic carbocycles. The molecular formula is C21H24N2OS. The Hall–Kier alpha value is -2.07. The van der Waals surface area contributed by atoms with Crippen molar-refractivity contribution in [2.75, 3.05) is 13.1 Å². The molecular weight excluding hydrogens is 328 g/mol. The number of carbonyl (C=O) groups excluding carboxylic acids is 1. The van der Waals surface area contributed by atoms with Crippen LogP contribution in [0.1, 0.15) is 42.3 Å². The van der Waals surface area contributed by atoms with Crippen LogP contribution in [0.5, 0.6) is 0 Å². The molecule has 0 saturated heterocycles. The normalized spacial score (nSPS) is 14.5. The average molecular weight is 353 g/mol. The molecule has 3 rings (SSSR count). The van der Waals surface area contributed by atoms with Crippen molar-refractivity contribution in [2.45, 2.75) is 31.9 Å². The van der Waals surface area contributed by atoms with Gasteiger partial charge in [0, 0.05) is 17.9 Å². The van der Waals surface area contributed by atoms with Crippen LogP contribution in [0.3, 0.4) is 0 Å². The molecule has 1 heterocycles. The molecule has 0 radical (unpaired) electrons. The summed E-state index contributed by atoms with van der Waals surface area (Å²) in [5, 5.41) is 0.828. The van der Waals surface area contributed by atoms with Crippen molar-refractivity contribution in [3.05, 3.63) is 71.3 Å². The molecule has 0 atom stereocenters. The van der Waals surface area contributed by atoms with E-state index in [4.69, 9.17) is 0 Å². The maximum absolute atomic E-state index is 12.9. The molecule has 0 bridgehead atoms. The Balaban J connectivity index is 1.68. The molecule has 1 amide bonds. The van der Waals surface area contributed by atoms with Gasteiger partial charge in [-0.15, -0.1) is 0 Å². The molecule has 2 aromatic rings. The highest BCUT2D eigenvalue weighted by Crippen LogP contribution is 2.24. The van der Waals surface area contributed by atoms with Crippen LogP contribution >= 0.6 is 11.8 Å². The highest BCUT2D eigenvalue weighted by atomic mass is 32.2. The second kappa shape index (κ2) is 7.44. The predicted octanol–water partition coefficient (Wildman–Crippen LogP) is 4.73. The van der Waals surface area contributed by atoms with Gasteiger partial charge >= 0.3 is 0 Å². The summed E-state index contributed by atoms with van der Waals surface area (Å²) in [5.41, 5.74) is 3.29. The van der Waals surface area contributed by atoms with Crippen LogP contribution in [0.25, 0.3) is 0 Å². The van der Waals surface area contributed by atoms with Crippen LogP contribution < -0.4 is 0 Å². The van der Waals surface area contributed by atoms with Crippen molar-refractivity contribution in [1.29, 1.82) is 0 Å². The molecule has 25 heavy (non-hydrogen) atoms. The third-order valence-corrected chi connectivity index (χ3v) is 5.34. The highest BCUT2D eigenvalue weighted by molar-refractivity contribution is 8.13. The van der Waals surface area contributed by atoms with Crippen LogP contribution in [0, 0.1) is 0 Å². The lowest BCUT2D eigenvalue weighted by Gasteiger charge is -2.21. The number of hydrogen-bond acceptors (Lipinski definition) is 3. The van der Waals surface area contributed by atoms with Gasteiger partial charge in [0.15, 0.2) is 5.17 Å². The quantitative estimate of drug-likeness (QED) is 0.800. The van der Waals surface area contributed by atoms with Gasteiger partial charge < -0.3 is 0 Å². The van der Waals surface area contributed by atoms with Crippen LogP contribution in [-0.4, -0.2) is 29.1 Å². The number of benzene rings is 2. The van der Waals surface area contributed by atoms with E-state index in [1.54, 1.807) is 16.7 Å². The molecule has 130 valence electrons. The largest absolute Gasteiger partial charge is 0.286 e. The molecule has 0 aromatic heterocycles. The Morgan fingerprint density at radius 3 is 2.40 bits per heavy atom. The third kappa shape index (κ3) is 4.31. The van der Waals surface area contributed by atoms with Crippen molar-refractivity contribution >= 4 is 22.8 Å². The minimum absolute atomic E-state index is 0.0391. The minimum Gasteiger partial charge on any atom is -0.286 e. The summed E-state index contributed by atoms with van der Waals surface area (Å²) in [4.78, 5) is 19.2. The Kier molecular flexibility index (Phi) is 5.28. The van der Waals surface area contributed by atoms with E-state index in [-0.39, 0.29) is 11.3 Å². The summed E-state index contributed by atoms with van der Waals surface area (Å²) < 4.78 is 0. The van der Waals surface area contributed by atoms with Gasteiger partial charge in [0.05, 0.1) is 6.54 Å². The lowest BCUT2D eigenvalue weighted by Crippen LogP contribution is -2.32. The van der Waals surface area contributed by atoms with Gasteiger partial charge in [-0.3, -0.25) is 14.7 Å². The average Bonchev–Trinajstić information content (AvgIpc) is 3.08. The third-order valence-electron chi connectivity index (χ3n) is 4.26. The van der Waals surface area contributed by atoms with Gasteiger partial charge in [-0.1, -0.05) is 75.0 Å². The molecule has 0 fully saturated rings. The topological polar surface area (TPSA) is 32.7 Å². The highest BCUT2D eigenvalue weighted by Gasteiger charge is 2.25. The van der Waals surface area contributed by atoms with E-state index in [1.165, 1.54) is 11.1 Å². The van der Waals surface area contributed by atoms with E-state index in [0.717, 1.165) is 16.5 Å². The molecule has 0 spiro atoms. The van der Waals surface area contributed by atoms with E-state index in [9.17, 15) is 4.79 Å². The monoisotopic (exact) mass is 352 g/mol. The molecule has 0 N–H and O–H groups in total. The smallest absolute Gasteiger partial charge is 0.259 e. The Bertz CT molecular complexity index is 761. The molecule has 0 saturated carbocycles. The summed E-state index contributed by atoms with van der Waals surface area (Å²) >= 11 is 1.63. The molecule has 1 aliphatic rings. The minimum atomic E-state index is 0.0391. The fourth-order valence-electron chi connectivity index (χ4n) is 2.73. The van der Waals surface area contributed by atoms with Gasteiger partial charge in [0.25, 0.3) is 5.91 Å². The van der Waals surface area contributed by atoms with Crippen molar-refractivity contribution in [3.8, 4) is 0 Å². The van der Waals surface area contributed by atoms with E-state index in [0.29, 0.717) is 13.1 Å². The second-order valence-electron chi connectivity index (χ2n) is 7.22. The van der Waals surface area contributed by atoms with Crippen molar-refractivity contribution in [1.82, 2.24) is 4.90 Å². The molecule has 0 unspecified atom stereocenters. The maximum atomic E-state index is 12.9. The van der Waals surface area contributed by atoms with Gasteiger partial charge in [0.1, 0.15) is 0 Å². The summed E-state index contributed by atoms with van der Waals surface area (Å²) in [6, 6.07) is 18.2. The number of thioether (sulfide) groups is 1. The van der Waals surface area contributed by atoms with Crippen LogP contribution in [0.2, 0.25) is 0 Å². The summed E-state index contributed by atoms with van der Waals surface area (Å²) in [6.07, 6.45) is 0. The van der Waals surface area contributed by atoms with Crippen LogP contribution in [-0.2, 0) is 11.2 Å². The van der Waals surface area contributed by atoms with Crippen LogP contribution in [0.4, 0.5) is 0 Å². The van der Waals surface area contributed by atoms with Gasteiger partial charge in [-0.2, -0.15) is 0 Å². The first-order valence-corrected chi connectivity index (χ1v) is 9.57. The zero-order chi connectivity index (χ0) is 17.9. The second-order valence-corrected chi connectivity index (χ2v) is 8.17. The number of aliphatic imine (C=N–C) groups is 1. The molecule has 4 heteroatoms. The Labute approximate surface area is 154 Å². The number of nitrogens with zero attached hydrogens (tertiary/aromatic N) is 2. The number of hydrogen-bond donors (Lipinski definition) is 0. The Morgan fingerprint density at radius 2 is 1.76 bits per heavy atom. The predicted molar refractivity (Wildman–Crippen MR) is 106 cm³/mol. The molecule has 3 nitrogen and oxygen atoms in total. The van der Waals surface area contributed by atoms with Gasteiger partial charge in [-0.05, 0) is 28.7 Å². The number of carbonyl (C=O) groups is 1. The number of amidine groups is 1. The first kappa shape index (κ1) is 17.7. The van der Waals surface area contributed by atoms with E-state index in [1.807, 2.05) is 30.3 Å². The lowest BCUT2D eigenvalue weighted by atomic mass is 9.86. The van der Waals surface area contributed by atoms with Gasteiger partial charge in [-0.25, -0.2) is 0 Å².